The molecule has 1 fully saturated rings. The van der Waals surface area contributed by atoms with Crippen molar-refractivity contribution in [2.45, 2.75) is 25.9 Å². The van der Waals surface area contributed by atoms with Crippen LogP contribution in [0.4, 0.5) is 18.9 Å². The highest BCUT2D eigenvalue weighted by Crippen LogP contribution is 2.34. The highest BCUT2D eigenvalue weighted by molar-refractivity contribution is 5.53. The van der Waals surface area contributed by atoms with E-state index in [1.807, 2.05) is 0 Å². The number of benzene rings is 1. The fourth-order valence-corrected chi connectivity index (χ4v) is 2.35. The molecule has 114 valence electrons. The van der Waals surface area contributed by atoms with Crippen molar-refractivity contribution < 1.29 is 17.9 Å². The highest BCUT2D eigenvalue weighted by atomic mass is 19.4. The first-order chi connectivity index (χ1) is 9.84. The van der Waals surface area contributed by atoms with Gasteiger partial charge in [0.25, 0.3) is 0 Å². The summed E-state index contributed by atoms with van der Waals surface area (Å²) in [5.74, 6) is 0. The summed E-state index contributed by atoms with van der Waals surface area (Å²) in [5, 5.41) is 12.0. The molecule has 1 N–H and O–H groups in total. The third kappa shape index (κ3) is 3.88. The number of halogens is 3. The van der Waals surface area contributed by atoms with Crippen LogP contribution in [0.3, 0.4) is 0 Å². The van der Waals surface area contributed by atoms with Crippen LogP contribution in [0, 0.1) is 16.7 Å². The number of nitrogens with one attached hydrogen (secondary N) is 1. The van der Waals surface area contributed by atoms with Crippen molar-refractivity contribution >= 4 is 5.69 Å². The van der Waals surface area contributed by atoms with E-state index < -0.39 is 11.7 Å². The monoisotopic (exact) mass is 298 g/mol. The third-order valence-electron chi connectivity index (χ3n) is 3.86. The molecule has 0 bridgehead atoms. The average molecular weight is 298 g/mol. The molecule has 0 saturated carbocycles. The Hall–Kier alpha value is -1.74. The Kier molecular flexibility index (Phi) is 4.43. The summed E-state index contributed by atoms with van der Waals surface area (Å²) in [6, 6.07) is 5.18. The molecule has 6 heteroatoms. The lowest BCUT2D eigenvalue weighted by atomic mass is 9.82. The molecule has 0 aliphatic carbocycles. The van der Waals surface area contributed by atoms with Crippen LogP contribution in [0.25, 0.3) is 0 Å². The number of alkyl halides is 3. The van der Waals surface area contributed by atoms with Crippen molar-refractivity contribution in [2.24, 2.45) is 5.41 Å². The number of hydrogen-bond donors (Lipinski definition) is 1. The standard InChI is InChI=1S/C15H17F3N2O/c1-14(4-6-21-7-5-14)10-20-12-2-3-13(15(16,17)18)11(8-12)9-19/h2-3,8,20H,4-7,10H2,1H3. The fraction of sp³-hybridized carbons (Fsp3) is 0.533. The molecular weight excluding hydrogens is 281 g/mol. The van der Waals surface area contributed by atoms with Crippen LogP contribution in [0.15, 0.2) is 18.2 Å². The molecule has 1 aliphatic rings. The van der Waals surface area contributed by atoms with Crippen LogP contribution in [-0.2, 0) is 10.9 Å². The molecule has 0 unspecified atom stereocenters. The van der Waals surface area contributed by atoms with Gasteiger partial charge >= 0.3 is 6.18 Å². The molecule has 0 atom stereocenters. The van der Waals surface area contributed by atoms with E-state index >= 15 is 0 Å². The second-order valence-corrected chi connectivity index (χ2v) is 5.65. The Balaban J connectivity index is 2.10. The molecule has 0 spiro atoms. The van der Waals surface area contributed by atoms with E-state index in [1.165, 1.54) is 12.1 Å². The minimum atomic E-state index is -4.50. The number of nitrogens with zero attached hydrogens (tertiary/aromatic N) is 1. The second kappa shape index (κ2) is 5.94. The van der Waals surface area contributed by atoms with E-state index in [0.717, 1.165) is 18.9 Å². The summed E-state index contributed by atoms with van der Waals surface area (Å²) in [5.41, 5.74) is -0.655. The number of ether oxygens (including phenoxy) is 1. The first kappa shape index (κ1) is 15.6. The maximum absolute atomic E-state index is 12.7. The van der Waals surface area contributed by atoms with Crippen LogP contribution in [-0.4, -0.2) is 19.8 Å². The van der Waals surface area contributed by atoms with Gasteiger partial charge < -0.3 is 10.1 Å². The topological polar surface area (TPSA) is 45.0 Å². The Morgan fingerprint density at radius 1 is 1.33 bits per heavy atom. The van der Waals surface area contributed by atoms with Gasteiger partial charge in [0.05, 0.1) is 17.2 Å². The predicted octanol–water partition coefficient (Wildman–Crippen LogP) is 3.81. The molecule has 0 aromatic heterocycles. The Labute approximate surface area is 121 Å². The molecule has 21 heavy (non-hydrogen) atoms. The lowest BCUT2D eigenvalue weighted by Crippen LogP contribution is -2.33. The van der Waals surface area contributed by atoms with Crippen molar-refractivity contribution in [3.63, 3.8) is 0 Å². The van der Waals surface area contributed by atoms with Crippen LogP contribution >= 0.6 is 0 Å². The zero-order valence-electron chi connectivity index (χ0n) is 11.8. The van der Waals surface area contributed by atoms with E-state index in [0.29, 0.717) is 25.4 Å². The van der Waals surface area contributed by atoms with Crippen LogP contribution in [0.2, 0.25) is 0 Å². The van der Waals surface area contributed by atoms with Gasteiger partial charge in [0, 0.05) is 25.4 Å². The third-order valence-corrected chi connectivity index (χ3v) is 3.86. The first-order valence-corrected chi connectivity index (χ1v) is 6.77. The summed E-state index contributed by atoms with van der Waals surface area (Å²) in [6.07, 6.45) is -2.69. The molecule has 1 aliphatic heterocycles. The van der Waals surface area contributed by atoms with E-state index in [4.69, 9.17) is 10.00 Å². The van der Waals surface area contributed by atoms with Crippen molar-refractivity contribution in [2.75, 3.05) is 25.1 Å². The molecule has 2 rings (SSSR count). The molecule has 0 radical (unpaired) electrons. The minimum Gasteiger partial charge on any atom is -0.384 e. The van der Waals surface area contributed by atoms with Gasteiger partial charge in [-0.25, -0.2) is 0 Å². The van der Waals surface area contributed by atoms with Gasteiger partial charge in [-0.2, -0.15) is 18.4 Å². The van der Waals surface area contributed by atoms with E-state index in [-0.39, 0.29) is 11.0 Å². The summed E-state index contributed by atoms with van der Waals surface area (Å²) < 4.78 is 43.5. The zero-order chi connectivity index (χ0) is 15.5. The van der Waals surface area contributed by atoms with Gasteiger partial charge in [-0.1, -0.05) is 6.92 Å². The Morgan fingerprint density at radius 2 is 2.00 bits per heavy atom. The lowest BCUT2D eigenvalue weighted by Gasteiger charge is -2.34. The minimum absolute atomic E-state index is 0.0632. The number of anilines is 1. The molecule has 1 saturated heterocycles. The lowest BCUT2D eigenvalue weighted by molar-refractivity contribution is -0.137. The van der Waals surface area contributed by atoms with Gasteiger partial charge in [0.15, 0.2) is 0 Å². The second-order valence-electron chi connectivity index (χ2n) is 5.65. The van der Waals surface area contributed by atoms with Crippen LogP contribution in [0.1, 0.15) is 30.9 Å². The van der Waals surface area contributed by atoms with E-state index in [2.05, 4.69) is 12.2 Å². The number of nitriles is 1. The van der Waals surface area contributed by atoms with Crippen molar-refractivity contribution in [3.05, 3.63) is 29.3 Å². The quantitative estimate of drug-likeness (QED) is 0.923. The molecule has 3 nitrogen and oxygen atoms in total. The Morgan fingerprint density at radius 3 is 2.57 bits per heavy atom. The highest BCUT2D eigenvalue weighted by Gasteiger charge is 2.33. The van der Waals surface area contributed by atoms with E-state index in [1.54, 1.807) is 6.07 Å². The zero-order valence-corrected chi connectivity index (χ0v) is 11.8. The summed E-state index contributed by atoms with van der Waals surface area (Å²) in [7, 11) is 0. The Bertz CT molecular complexity index is 543. The maximum atomic E-state index is 12.7. The largest absolute Gasteiger partial charge is 0.417 e. The predicted molar refractivity (Wildman–Crippen MR) is 72.8 cm³/mol. The van der Waals surface area contributed by atoms with Gasteiger partial charge in [0.2, 0.25) is 0 Å². The van der Waals surface area contributed by atoms with E-state index in [9.17, 15) is 13.2 Å². The molecule has 1 aromatic rings. The summed E-state index contributed by atoms with van der Waals surface area (Å²) >= 11 is 0. The SMILES string of the molecule is CC1(CNc2ccc(C(F)(F)F)c(C#N)c2)CCOCC1. The molecule has 1 aromatic carbocycles. The van der Waals surface area contributed by atoms with Crippen molar-refractivity contribution in [1.29, 1.82) is 5.26 Å². The fourth-order valence-electron chi connectivity index (χ4n) is 2.35. The normalized spacial score (nSPS) is 18.0. The maximum Gasteiger partial charge on any atom is 0.417 e. The summed E-state index contributed by atoms with van der Waals surface area (Å²) in [6.45, 7) is 4.17. The molecule has 1 heterocycles. The van der Waals surface area contributed by atoms with Gasteiger partial charge in [-0.15, -0.1) is 0 Å². The summed E-state index contributed by atoms with van der Waals surface area (Å²) in [4.78, 5) is 0. The number of rotatable bonds is 3. The van der Waals surface area contributed by atoms with Crippen LogP contribution in [0.5, 0.6) is 0 Å². The average Bonchev–Trinajstić information content (AvgIpc) is 2.44. The first-order valence-electron chi connectivity index (χ1n) is 6.77. The van der Waals surface area contributed by atoms with Crippen LogP contribution < -0.4 is 5.32 Å². The van der Waals surface area contributed by atoms with Gasteiger partial charge in [0.1, 0.15) is 0 Å². The van der Waals surface area contributed by atoms with Crippen molar-refractivity contribution in [3.8, 4) is 6.07 Å². The smallest absolute Gasteiger partial charge is 0.384 e. The molecular formula is C15H17F3N2O. The van der Waals surface area contributed by atoms with Crippen molar-refractivity contribution in [1.82, 2.24) is 0 Å². The number of hydrogen-bond acceptors (Lipinski definition) is 3. The molecule has 0 amide bonds. The van der Waals surface area contributed by atoms with Gasteiger partial charge in [-0.05, 0) is 36.5 Å². The van der Waals surface area contributed by atoms with Gasteiger partial charge in [-0.3, -0.25) is 0 Å².